The smallest absolute Gasteiger partial charge is 0.323 e. The standard InChI is InChI=1S/C13H11N3O4/c1-3-4-16(7-11(17)18)13(19)9-5-10-8(2)15-20-12(10)14-6-9/h1,5-6H,4,7H2,2H3,(H,17,18). The number of aromatic nitrogens is 2. The van der Waals surface area contributed by atoms with Crippen LogP contribution < -0.4 is 0 Å². The highest BCUT2D eigenvalue weighted by molar-refractivity contribution is 5.98. The molecule has 102 valence electrons. The van der Waals surface area contributed by atoms with Gasteiger partial charge in [0.2, 0.25) is 0 Å². The van der Waals surface area contributed by atoms with Crippen LogP contribution in [-0.4, -0.2) is 45.1 Å². The lowest BCUT2D eigenvalue weighted by atomic mass is 10.2. The molecule has 2 heterocycles. The molecule has 1 amide bonds. The highest BCUT2D eigenvalue weighted by atomic mass is 16.5. The largest absolute Gasteiger partial charge is 0.480 e. The molecule has 0 radical (unpaired) electrons. The van der Waals surface area contributed by atoms with E-state index in [9.17, 15) is 9.59 Å². The lowest BCUT2D eigenvalue weighted by Crippen LogP contribution is -2.36. The van der Waals surface area contributed by atoms with E-state index in [2.05, 4.69) is 16.1 Å². The fourth-order valence-electron chi connectivity index (χ4n) is 1.72. The number of aryl methyl sites for hydroxylation is 1. The predicted molar refractivity (Wildman–Crippen MR) is 68.9 cm³/mol. The Bertz CT molecular complexity index is 714. The molecule has 0 unspecified atom stereocenters. The van der Waals surface area contributed by atoms with Crippen LogP contribution in [0, 0.1) is 19.3 Å². The maximum atomic E-state index is 12.2. The van der Waals surface area contributed by atoms with Gasteiger partial charge in [0.15, 0.2) is 0 Å². The third-order valence-electron chi connectivity index (χ3n) is 2.65. The molecule has 7 heteroatoms. The Hall–Kier alpha value is -2.88. The van der Waals surface area contributed by atoms with E-state index >= 15 is 0 Å². The molecule has 0 bridgehead atoms. The highest BCUT2D eigenvalue weighted by Gasteiger charge is 2.19. The number of aliphatic carboxylic acids is 1. The number of hydrogen-bond donors (Lipinski definition) is 1. The molecule has 2 aromatic heterocycles. The van der Waals surface area contributed by atoms with E-state index in [0.717, 1.165) is 4.90 Å². The van der Waals surface area contributed by atoms with Crippen LogP contribution in [-0.2, 0) is 4.79 Å². The first kappa shape index (κ1) is 13.5. The fraction of sp³-hybridized carbons (Fsp3) is 0.231. The van der Waals surface area contributed by atoms with Crippen molar-refractivity contribution in [2.24, 2.45) is 0 Å². The van der Waals surface area contributed by atoms with Crippen molar-refractivity contribution >= 4 is 23.0 Å². The number of carbonyl (C=O) groups is 2. The zero-order valence-corrected chi connectivity index (χ0v) is 10.7. The van der Waals surface area contributed by atoms with Gasteiger partial charge in [-0.2, -0.15) is 0 Å². The molecular formula is C13H11N3O4. The average Bonchev–Trinajstić information content (AvgIpc) is 2.78. The zero-order chi connectivity index (χ0) is 14.7. The van der Waals surface area contributed by atoms with Gasteiger partial charge in [-0.1, -0.05) is 11.1 Å². The summed E-state index contributed by atoms with van der Waals surface area (Å²) in [6, 6.07) is 1.56. The lowest BCUT2D eigenvalue weighted by Gasteiger charge is -2.17. The van der Waals surface area contributed by atoms with Gasteiger partial charge in [-0.05, 0) is 13.0 Å². The summed E-state index contributed by atoms with van der Waals surface area (Å²) >= 11 is 0. The summed E-state index contributed by atoms with van der Waals surface area (Å²) in [4.78, 5) is 28.0. The first-order valence-corrected chi connectivity index (χ1v) is 5.69. The van der Waals surface area contributed by atoms with Crippen molar-refractivity contribution in [1.29, 1.82) is 0 Å². The summed E-state index contributed by atoms with van der Waals surface area (Å²) in [5.74, 6) is 0.623. The first-order chi connectivity index (χ1) is 9.52. The molecule has 0 aliphatic heterocycles. The van der Waals surface area contributed by atoms with Gasteiger partial charge in [0.1, 0.15) is 6.54 Å². The molecule has 0 aliphatic rings. The summed E-state index contributed by atoms with van der Waals surface area (Å²) in [6.45, 7) is 1.16. The summed E-state index contributed by atoms with van der Waals surface area (Å²) in [5, 5.41) is 13.1. The molecule has 20 heavy (non-hydrogen) atoms. The number of nitrogens with zero attached hydrogens (tertiary/aromatic N) is 3. The van der Waals surface area contributed by atoms with Gasteiger partial charge < -0.3 is 14.5 Å². The number of carboxylic acids is 1. The summed E-state index contributed by atoms with van der Waals surface area (Å²) in [7, 11) is 0. The molecule has 0 fully saturated rings. The SMILES string of the molecule is C#CCN(CC(=O)O)C(=O)c1cnc2onc(C)c2c1. The molecule has 0 aromatic carbocycles. The number of terminal acetylenes is 1. The maximum Gasteiger partial charge on any atom is 0.323 e. The molecule has 0 saturated carbocycles. The van der Waals surface area contributed by atoms with Crippen LogP contribution >= 0.6 is 0 Å². The van der Waals surface area contributed by atoms with Crippen molar-refractivity contribution in [1.82, 2.24) is 15.0 Å². The molecule has 0 saturated heterocycles. The molecule has 2 rings (SSSR count). The molecular weight excluding hydrogens is 262 g/mol. The first-order valence-electron chi connectivity index (χ1n) is 5.69. The minimum atomic E-state index is -1.14. The van der Waals surface area contributed by atoms with Crippen molar-refractivity contribution in [2.75, 3.05) is 13.1 Å². The van der Waals surface area contributed by atoms with Crippen LogP contribution in [0.2, 0.25) is 0 Å². The average molecular weight is 273 g/mol. The van der Waals surface area contributed by atoms with Gasteiger partial charge >= 0.3 is 5.97 Å². The van der Waals surface area contributed by atoms with E-state index in [1.54, 1.807) is 13.0 Å². The van der Waals surface area contributed by atoms with Gasteiger partial charge in [0.25, 0.3) is 11.6 Å². The zero-order valence-electron chi connectivity index (χ0n) is 10.7. The minimum Gasteiger partial charge on any atom is -0.480 e. The van der Waals surface area contributed by atoms with Gasteiger partial charge in [0, 0.05) is 6.20 Å². The number of carbonyl (C=O) groups excluding carboxylic acids is 1. The Morgan fingerprint density at radius 1 is 1.55 bits per heavy atom. The van der Waals surface area contributed by atoms with Crippen molar-refractivity contribution in [2.45, 2.75) is 6.92 Å². The number of rotatable bonds is 4. The van der Waals surface area contributed by atoms with Gasteiger partial charge in [-0.15, -0.1) is 6.42 Å². The van der Waals surface area contributed by atoms with Gasteiger partial charge in [-0.3, -0.25) is 9.59 Å². The van der Waals surface area contributed by atoms with Crippen LogP contribution in [0.5, 0.6) is 0 Å². The maximum absolute atomic E-state index is 12.2. The van der Waals surface area contributed by atoms with Crippen LogP contribution in [0.1, 0.15) is 16.1 Å². The van der Waals surface area contributed by atoms with Crippen LogP contribution in [0.25, 0.3) is 11.1 Å². The van der Waals surface area contributed by atoms with E-state index < -0.39 is 18.4 Å². The minimum absolute atomic E-state index is 0.0915. The van der Waals surface area contributed by atoms with E-state index in [4.69, 9.17) is 16.1 Å². The van der Waals surface area contributed by atoms with Crippen molar-refractivity contribution in [3.8, 4) is 12.3 Å². The lowest BCUT2D eigenvalue weighted by molar-refractivity contribution is -0.137. The van der Waals surface area contributed by atoms with E-state index in [-0.39, 0.29) is 12.1 Å². The molecule has 7 nitrogen and oxygen atoms in total. The topological polar surface area (TPSA) is 96.5 Å². The normalized spacial score (nSPS) is 10.2. The third-order valence-corrected chi connectivity index (χ3v) is 2.65. The van der Waals surface area contributed by atoms with Gasteiger partial charge in [-0.25, -0.2) is 4.98 Å². The predicted octanol–water partition coefficient (Wildman–Crippen LogP) is 0.691. The second-order valence-corrected chi connectivity index (χ2v) is 4.10. The van der Waals surface area contributed by atoms with Crippen molar-refractivity contribution in [3.05, 3.63) is 23.5 Å². The summed E-state index contributed by atoms with van der Waals surface area (Å²) in [6.07, 6.45) is 6.45. The van der Waals surface area contributed by atoms with Crippen LogP contribution in [0.15, 0.2) is 16.8 Å². The Labute approximate surface area is 114 Å². The number of carboxylic acid groups (broad SMARTS) is 1. The fourth-order valence-corrected chi connectivity index (χ4v) is 1.72. The summed E-state index contributed by atoms with van der Waals surface area (Å²) in [5.41, 5.74) is 1.16. The molecule has 2 aromatic rings. The van der Waals surface area contributed by atoms with E-state index in [1.807, 2.05) is 0 Å². The van der Waals surface area contributed by atoms with Crippen LogP contribution in [0.4, 0.5) is 0 Å². The molecule has 0 spiro atoms. The van der Waals surface area contributed by atoms with E-state index in [1.165, 1.54) is 6.20 Å². The Morgan fingerprint density at radius 3 is 2.95 bits per heavy atom. The summed E-state index contributed by atoms with van der Waals surface area (Å²) < 4.78 is 4.94. The molecule has 0 atom stereocenters. The number of pyridine rings is 1. The number of fused-ring (bicyclic) bond motifs is 1. The Morgan fingerprint density at radius 2 is 2.30 bits per heavy atom. The number of amides is 1. The molecule has 1 N–H and O–H groups in total. The monoisotopic (exact) mass is 273 g/mol. The number of hydrogen-bond acceptors (Lipinski definition) is 5. The van der Waals surface area contributed by atoms with Crippen LogP contribution in [0.3, 0.4) is 0 Å². The Kier molecular flexibility index (Phi) is 3.66. The van der Waals surface area contributed by atoms with Crippen molar-refractivity contribution in [3.63, 3.8) is 0 Å². The molecule has 0 aliphatic carbocycles. The second-order valence-electron chi connectivity index (χ2n) is 4.10. The van der Waals surface area contributed by atoms with Crippen molar-refractivity contribution < 1.29 is 19.2 Å². The Balaban J connectivity index is 2.35. The second kappa shape index (κ2) is 5.40. The highest BCUT2D eigenvalue weighted by Crippen LogP contribution is 2.17. The van der Waals surface area contributed by atoms with Gasteiger partial charge in [0.05, 0.1) is 23.2 Å². The van der Waals surface area contributed by atoms with E-state index in [0.29, 0.717) is 16.8 Å². The third kappa shape index (κ3) is 2.59. The quantitative estimate of drug-likeness (QED) is 0.823.